The van der Waals surface area contributed by atoms with Crippen molar-refractivity contribution in [3.8, 4) is 11.1 Å². The predicted octanol–water partition coefficient (Wildman–Crippen LogP) is 6.01. The molecule has 0 spiro atoms. The highest BCUT2D eigenvalue weighted by molar-refractivity contribution is 5.81. The van der Waals surface area contributed by atoms with Gasteiger partial charge in [0.15, 0.2) is 0 Å². The van der Waals surface area contributed by atoms with Crippen molar-refractivity contribution in [1.29, 1.82) is 0 Å². The normalized spacial score (nSPS) is 12.3. The number of aryl methyl sites for hydroxylation is 2. The van der Waals surface area contributed by atoms with Crippen molar-refractivity contribution in [1.82, 2.24) is 5.32 Å². The van der Waals surface area contributed by atoms with Crippen molar-refractivity contribution in [3.05, 3.63) is 58.9 Å². The largest absolute Gasteiger partial charge is 0.377 e. The van der Waals surface area contributed by atoms with Crippen LogP contribution in [0, 0.1) is 12.7 Å². The zero-order valence-corrected chi connectivity index (χ0v) is 17.0. The number of nitrogens with zero attached hydrogens (tertiary/aromatic N) is 1. The molecule has 0 bridgehead atoms. The molecular formula is C23H30F2N2. The van der Waals surface area contributed by atoms with Gasteiger partial charge in [0.1, 0.15) is 11.5 Å². The summed E-state index contributed by atoms with van der Waals surface area (Å²) in [4.78, 5) is 4.45. The summed E-state index contributed by atoms with van der Waals surface area (Å²) >= 11 is 0. The van der Waals surface area contributed by atoms with Crippen molar-refractivity contribution in [2.24, 2.45) is 4.99 Å². The summed E-state index contributed by atoms with van der Waals surface area (Å²) < 4.78 is 28.9. The van der Waals surface area contributed by atoms with Gasteiger partial charge < -0.3 is 5.32 Å². The minimum atomic E-state index is -1.27. The lowest BCUT2D eigenvalue weighted by Gasteiger charge is -2.18. The molecule has 0 atom stereocenters. The number of hydrogen-bond donors (Lipinski definition) is 1. The molecule has 0 saturated heterocycles. The molecule has 146 valence electrons. The summed E-state index contributed by atoms with van der Waals surface area (Å²) in [5.74, 6) is 0.565. The van der Waals surface area contributed by atoms with E-state index < -0.39 is 5.67 Å². The Kier molecular flexibility index (Phi) is 7.11. The van der Waals surface area contributed by atoms with Crippen molar-refractivity contribution in [3.63, 3.8) is 0 Å². The van der Waals surface area contributed by atoms with Crippen LogP contribution in [-0.2, 0) is 13.0 Å². The zero-order valence-electron chi connectivity index (χ0n) is 17.0. The Hall–Kier alpha value is -2.23. The van der Waals surface area contributed by atoms with Crippen LogP contribution in [0.5, 0.6) is 0 Å². The Morgan fingerprint density at radius 3 is 2.41 bits per heavy atom. The molecule has 0 aliphatic carbocycles. The average Bonchev–Trinajstić information content (AvgIpc) is 2.62. The molecule has 4 heteroatoms. The average molecular weight is 373 g/mol. The van der Waals surface area contributed by atoms with Crippen LogP contribution < -0.4 is 5.32 Å². The van der Waals surface area contributed by atoms with Gasteiger partial charge in [0, 0.05) is 19.0 Å². The van der Waals surface area contributed by atoms with Crippen LogP contribution >= 0.6 is 0 Å². The second-order valence-corrected chi connectivity index (χ2v) is 7.50. The highest BCUT2D eigenvalue weighted by atomic mass is 19.1. The maximum atomic E-state index is 14.8. The first kappa shape index (κ1) is 21.1. The molecule has 0 aliphatic heterocycles. The molecule has 2 aromatic carbocycles. The van der Waals surface area contributed by atoms with E-state index in [9.17, 15) is 8.78 Å². The number of nitrogens with one attached hydrogen (secondary N) is 1. The molecule has 0 radical (unpaired) electrons. The fraction of sp³-hybridized carbons (Fsp3) is 0.435. The van der Waals surface area contributed by atoms with E-state index in [-0.39, 0.29) is 12.4 Å². The van der Waals surface area contributed by atoms with Gasteiger partial charge in [-0.25, -0.2) is 8.78 Å². The van der Waals surface area contributed by atoms with Crippen LogP contribution in [-0.4, -0.2) is 18.6 Å². The fourth-order valence-corrected chi connectivity index (χ4v) is 3.10. The Bertz CT molecular complexity index is 799. The Balaban J connectivity index is 2.48. The molecule has 2 aromatic rings. The lowest BCUT2D eigenvalue weighted by molar-refractivity contribution is 0.202. The smallest absolute Gasteiger partial charge is 0.128 e. The highest BCUT2D eigenvalue weighted by Gasteiger charge is 2.19. The Morgan fingerprint density at radius 2 is 1.81 bits per heavy atom. The number of rotatable bonds is 7. The SMILES string of the molecule is CC/C(=N/Cc1cc(CCC(C)(C)F)c(-c2ccccc2C)cc1F)NC. The van der Waals surface area contributed by atoms with Crippen molar-refractivity contribution in [2.45, 2.75) is 59.2 Å². The molecule has 1 N–H and O–H groups in total. The predicted molar refractivity (Wildman–Crippen MR) is 111 cm³/mol. The maximum absolute atomic E-state index is 14.8. The van der Waals surface area contributed by atoms with Crippen LogP contribution in [0.15, 0.2) is 41.4 Å². The summed E-state index contributed by atoms with van der Waals surface area (Å²) in [6, 6.07) is 11.3. The molecule has 0 saturated carbocycles. The molecule has 2 rings (SSSR count). The summed E-state index contributed by atoms with van der Waals surface area (Å²) in [6.45, 7) is 7.44. The summed E-state index contributed by atoms with van der Waals surface area (Å²) in [5.41, 5.74) is 3.14. The molecule has 0 heterocycles. The summed E-state index contributed by atoms with van der Waals surface area (Å²) in [7, 11) is 1.81. The van der Waals surface area contributed by atoms with Crippen LogP contribution in [0.1, 0.15) is 50.3 Å². The number of benzene rings is 2. The second-order valence-electron chi connectivity index (χ2n) is 7.50. The zero-order chi connectivity index (χ0) is 20.0. The van der Waals surface area contributed by atoms with Crippen molar-refractivity contribution in [2.75, 3.05) is 7.05 Å². The molecule has 27 heavy (non-hydrogen) atoms. The van der Waals surface area contributed by atoms with Gasteiger partial charge in [-0.05, 0) is 61.9 Å². The van der Waals surface area contributed by atoms with Crippen LogP contribution in [0.3, 0.4) is 0 Å². The maximum Gasteiger partial charge on any atom is 0.128 e. The van der Waals surface area contributed by atoms with E-state index in [4.69, 9.17) is 0 Å². The van der Waals surface area contributed by atoms with Crippen LogP contribution in [0.4, 0.5) is 8.78 Å². The van der Waals surface area contributed by atoms with Gasteiger partial charge in [-0.1, -0.05) is 37.3 Å². The molecule has 0 unspecified atom stereocenters. The highest BCUT2D eigenvalue weighted by Crippen LogP contribution is 2.31. The molecule has 0 aromatic heterocycles. The van der Waals surface area contributed by atoms with E-state index in [1.54, 1.807) is 19.9 Å². The van der Waals surface area contributed by atoms with Crippen molar-refractivity contribution < 1.29 is 8.78 Å². The third-order valence-electron chi connectivity index (χ3n) is 4.76. The van der Waals surface area contributed by atoms with E-state index in [1.165, 1.54) is 0 Å². The quantitative estimate of drug-likeness (QED) is 0.467. The van der Waals surface area contributed by atoms with Gasteiger partial charge in [0.05, 0.1) is 12.4 Å². The Labute approximate surface area is 161 Å². The first-order chi connectivity index (χ1) is 12.7. The van der Waals surface area contributed by atoms with Gasteiger partial charge in [-0.2, -0.15) is 0 Å². The lowest BCUT2D eigenvalue weighted by atomic mass is 9.90. The Morgan fingerprint density at radius 1 is 1.11 bits per heavy atom. The van der Waals surface area contributed by atoms with Gasteiger partial charge in [-0.15, -0.1) is 0 Å². The van der Waals surface area contributed by atoms with Gasteiger partial charge >= 0.3 is 0 Å². The third-order valence-corrected chi connectivity index (χ3v) is 4.76. The van der Waals surface area contributed by atoms with E-state index in [2.05, 4.69) is 10.3 Å². The third kappa shape index (κ3) is 5.88. The van der Waals surface area contributed by atoms with E-state index in [1.807, 2.05) is 51.2 Å². The molecule has 2 nitrogen and oxygen atoms in total. The minimum Gasteiger partial charge on any atom is -0.377 e. The first-order valence-corrected chi connectivity index (χ1v) is 9.52. The number of aliphatic imine (C=N–C) groups is 1. The van der Waals surface area contributed by atoms with Crippen LogP contribution in [0.2, 0.25) is 0 Å². The number of halogens is 2. The first-order valence-electron chi connectivity index (χ1n) is 9.52. The topological polar surface area (TPSA) is 24.4 Å². The molecule has 0 aliphatic rings. The van der Waals surface area contributed by atoms with E-state index in [0.717, 1.165) is 34.5 Å². The second kappa shape index (κ2) is 9.12. The van der Waals surface area contributed by atoms with E-state index in [0.29, 0.717) is 18.4 Å². The number of hydrogen-bond acceptors (Lipinski definition) is 1. The van der Waals surface area contributed by atoms with Crippen molar-refractivity contribution >= 4 is 5.84 Å². The van der Waals surface area contributed by atoms with Gasteiger partial charge in [0.2, 0.25) is 0 Å². The number of alkyl halides is 1. The summed E-state index contributed by atoms with van der Waals surface area (Å²) in [5, 5.41) is 3.02. The monoisotopic (exact) mass is 372 g/mol. The molecule has 0 amide bonds. The molecule has 0 fully saturated rings. The standard InChI is InChI=1S/C23H30F2N2/c1-6-22(26-5)27-15-18-13-17(11-12-23(3,4)25)20(14-21(18)24)19-10-8-7-9-16(19)2/h7-10,13-14H,6,11-12,15H2,1-5H3,(H,26,27). The van der Waals surface area contributed by atoms with Gasteiger partial charge in [-0.3, -0.25) is 4.99 Å². The molecular weight excluding hydrogens is 342 g/mol. The van der Waals surface area contributed by atoms with E-state index >= 15 is 0 Å². The van der Waals surface area contributed by atoms with Gasteiger partial charge in [0.25, 0.3) is 0 Å². The summed E-state index contributed by atoms with van der Waals surface area (Å²) in [6.07, 6.45) is 1.70. The lowest BCUT2D eigenvalue weighted by Crippen LogP contribution is -2.17. The van der Waals surface area contributed by atoms with Crippen LogP contribution in [0.25, 0.3) is 11.1 Å². The fourth-order valence-electron chi connectivity index (χ4n) is 3.10. The number of amidine groups is 1. The minimum absolute atomic E-state index is 0.271.